The van der Waals surface area contributed by atoms with Crippen LogP contribution in [0.15, 0.2) is 16.4 Å². The SMILES string of the molecule is CC(C)N(C1=C(N(C(C)C)C(C)C)C1N=[C]=[Cr])C(C)C. The number of hydrogen-bond acceptors (Lipinski definition) is 3. The molecule has 0 amide bonds. The average Bonchev–Trinajstić information content (AvgIpc) is 2.90. The molecule has 1 aliphatic rings. The van der Waals surface area contributed by atoms with Gasteiger partial charge in [0.25, 0.3) is 0 Å². The summed E-state index contributed by atoms with van der Waals surface area (Å²) in [5.41, 5.74) is 2.75. The molecule has 0 spiro atoms. The van der Waals surface area contributed by atoms with E-state index in [1.165, 1.54) is 11.4 Å². The molecule has 0 aromatic rings. The Morgan fingerprint density at radius 3 is 1.30 bits per heavy atom. The number of hydrogen-bond donors (Lipinski definition) is 0. The van der Waals surface area contributed by atoms with Crippen molar-refractivity contribution in [2.45, 2.75) is 85.6 Å². The van der Waals surface area contributed by atoms with Gasteiger partial charge in [-0.3, -0.25) is 0 Å². The van der Waals surface area contributed by atoms with Crippen LogP contribution in [0.25, 0.3) is 0 Å². The summed E-state index contributed by atoms with van der Waals surface area (Å²) in [6.07, 6.45) is 0. The second-order valence-electron chi connectivity index (χ2n) is 6.58. The number of rotatable bonds is 7. The molecule has 0 aromatic heterocycles. The molecule has 0 atom stereocenters. The first kappa shape index (κ1) is 17.5. The van der Waals surface area contributed by atoms with Gasteiger partial charge in [-0.15, -0.1) is 0 Å². The van der Waals surface area contributed by atoms with E-state index in [0.29, 0.717) is 24.2 Å². The molecule has 1 aliphatic carbocycles. The minimum absolute atomic E-state index is 0.186. The first-order valence-electron chi connectivity index (χ1n) is 7.61. The Bertz CT molecular complexity index is 371. The fourth-order valence-corrected chi connectivity index (χ4v) is 3.38. The summed E-state index contributed by atoms with van der Waals surface area (Å²) in [6.45, 7) is 18.0. The van der Waals surface area contributed by atoms with Gasteiger partial charge in [0.05, 0.1) is 0 Å². The summed E-state index contributed by atoms with van der Waals surface area (Å²) in [5, 5.41) is 0. The predicted octanol–water partition coefficient (Wildman–Crippen LogP) is 3.27. The van der Waals surface area contributed by atoms with Gasteiger partial charge in [-0.25, -0.2) is 0 Å². The Morgan fingerprint density at radius 2 is 1.10 bits per heavy atom. The summed E-state index contributed by atoms with van der Waals surface area (Å²) in [5.74, 6) is 0. The fraction of sp³-hybridized carbons (Fsp3) is 0.812. The van der Waals surface area contributed by atoms with Gasteiger partial charge in [-0.2, -0.15) is 0 Å². The van der Waals surface area contributed by atoms with E-state index in [9.17, 15) is 0 Å². The van der Waals surface area contributed by atoms with E-state index in [1.807, 2.05) is 0 Å². The van der Waals surface area contributed by atoms with E-state index in [-0.39, 0.29) is 6.04 Å². The van der Waals surface area contributed by atoms with Gasteiger partial charge in [0.1, 0.15) is 0 Å². The second kappa shape index (κ2) is 6.94. The van der Waals surface area contributed by atoms with Crippen LogP contribution in [0.4, 0.5) is 0 Å². The quantitative estimate of drug-likeness (QED) is 0.672. The Hall–Kier alpha value is -0.548. The summed E-state index contributed by atoms with van der Waals surface area (Å²) in [4.78, 5) is 9.48. The van der Waals surface area contributed by atoms with Crippen molar-refractivity contribution in [2.24, 2.45) is 4.99 Å². The molecular formula is C16H29CrN3. The maximum absolute atomic E-state index is 4.51. The van der Waals surface area contributed by atoms with E-state index in [0.717, 1.165) is 0 Å². The maximum atomic E-state index is 4.51. The van der Waals surface area contributed by atoms with E-state index in [4.69, 9.17) is 0 Å². The third kappa shape index (κ3) is 3.56. The van der Waals surface area contributed by atoms with E-state index in [2.05, 4.69) is 90.7 Å². The van der Waals surface area contributed by atoms with Gasteiger partial charge in [-0.1, -0.05) is 0 Å². The fourth-order valence-electron chi connectivity index (χ4n) is 3.22. The zero-order chi connectivity index (χ0) is 15.6. The van der Waals surface area contributed by atoms with Crippen LogP contribution in [0.3, 0.4) is 0 Å². The van der Waals surface area contributed by atoms with Crippen LogP contribution < -0.4 is 0 Å². The molecule has 114 valence electrons. The van der Waals surface area contributed by atoms with Crippen LogP contribution in [0.2, 0.25) is 0 Å². The van der Waals surface area contributed by atoms with Gasteiger partial charge >= 0.3 is 132 Å². The van der Waals surface area contributed by atoms with Crippen molar-refractivity contribution in [3.8, 4) is 0 Å². The molecule has 0 saturated carbocycles. The average molecular weight is 315 g/mol. The summed E-state index contributed by atoms with van der Waals surface area (Å²) < 4.78 is 2.86. The Morgan fingerprint density at radius 1 is 0.800 bits per heavy atom. The number of nitrogens with zero attached hydrogens (tertiary/aromatic N) is 3. The van der Waals surface area contributed by atoms with E-state index >= 15 is 0 Å². The molecule has 0 fully saturated rings. The molecule has 0 radical (unpaired) electrons. The molecular weight excluding hydrogens is 286 g/mol. The van der Waals surface area contributed by atoms with Crippen LogP contribution in [0.1, 0.15) is 55.4 Å². The van der Waals surface area contributed by atoms with Crippen molar-refractivity contribution in [3.05, 3.63) is 11.4 Å². The third-order valence-corrected chi connectivity index (χ3v) is 3.83. The summed E-state index contributed by atoms with van der Waals surface area (Å²) in [6, 6.07) is 2.14. The van der Waals surface area contributed by atoms with E-state index in [1.54, 1.807) is 0 Å². The number of aliphatic imine (C=N–C) groups is 1. The first-order chi connectivity index (χ1) is 9.23. The minimum atomic E-state index is 0.186. The van der Waals surface area contributed by atoms with Crippen LogP contribution in [0.5, 0.6) is 0 Å². The summed E-state index contributed by atoms with van der Waals surface area (Å²) >= 11 is 2.77. The zero-order valence-electron chi connectivity index (χ0n) is 14.1. The van der Waals surface area contributed by atoms with Crippen LogP contribution in [-0.4, -0.2) is 44.7 Å². The molecule has 0 aromatic carbocycles. The van der Waals surface area contributed by atoms with Gasteiger partial charge in [0.15, 0.2) is 0 Å². The van der Waals surface area contributed by atoms with Gasteiger partial charge in [0, 0.05) is 0 Å². The first-order valence-corrected chi connectivity index (χ1v) is 8.25. The van der Waals surface area contributed by atoms with Crippen molar-refractivity contribution in [2.75, 3.05) is 0 Å². The monoisotopic (exact) mass is 315 g/mol. The standard InChI is InChI=1S/C16H29N3.Cr/c1-10(2)18(11(3)4)15-14(17-9)16(15)19(12(5)6)13(7)8;/h10-14H,1-8H3;. The van der Waals surface area contributed by atoms with Crippen LogP contribution in [0, 0.1) is 0 Å². The van der Waals surface area contributed by atoms with Gasteiger partial charge < -0.3 is 0 Å². The molecule has 0 unspecified atom stereocenters. The van der Waals surface area contributed by atoms with Crippen LogP contribution >= 0.6 is 0 Å². The molecule has 0 aliphatic heterocycles. The molecule has 0 heterocycles. The molecule has 0 bridgehead atoms. The topological polar surface area (TPSA) is 18.8 Å². The van der Waals surface area contributed by atoms with Crippen molar-refractivity contribution >= 4 is 4.68 Å². The predicted molar refractivity (Wildman–Crippen MR) is 82.5 cm³/mol. The molecule has 1 rings (SSSR count). The van der Waals surface area contributed by atoms with Gasteiger partial charge in [0.2, 0.25) is 0 Å². The molecule has 3 nitrogen and oxygen atoms in total. The molecule has 4 heteroatoms. The van der Waals surface area contributed by atoms with Crippen molar-refractivity contribution in [3.63, 3.8) is 0 Å². The molecule has 20 heavy (non-hydrogen) atoms. The van der Waals surface area contributed by atoms with Crippen LogP contribution in [-0.2, 0) is 15.9 Å². The van der Waals surface area contributed by atoms with Crippen molar-refractivity contribution in [1.82, 2.24) is 9.80 Å². The van der Waals surface area contributed by atoms with E-state index < -0.39 is 0 Å². The Labute approximate surface area is 132 Å². The summed E-state index contributed by atoms with van der Waals surface area (Å²) in [7, 11) is 0. The molecule has 0 N–H and O–H groups in total. The Kier molecular flexibility index (Phi) is 6.08. The third-order valence-electron chi connectivity index (χ3n) is 3.66. The second-order valence-corrected chi connectivity index (χ2v) is 6.87. The Balaban J connectivity index is 3.19. The zero-order valence-corrected chi connectivity index (χ0v) is 15.4. The van der Waals surface area contributed by atoms with Crippen molar-refractivity contribution in [1.29, 1.82) is 0 Å². The normalized spacial score (nSPS) is 15.4. The molecule has 0 saturated heterocycles. The van der Waals surface area contributed by atoms with Gasteiger partial charge in [-0.05, 0) is 0 Å². The van der Waals surface area contributed by atoms with Crippen molar-refractivity contribution < 1.29 is 15.9 Å².